The van der Waals surface area contributed by atoms with Gasteiger partial charge in [0.2, 0.25) is 5.28 Å². The zero-order chi connectivity index (χ0) is 23.8. The Morgan fingerprint density at radius 2 is 1.85 bits per heavy atom. The van der Waals surface area contributed by atoms with Crippen LogP contribution in [0.15, 0.2) is 35.7 Å². The van der Waals surface area contributed by atoms with Crippen molar-refractivity contribution in [1.82, 2.24) is 9.99 Å². The number of nitrogens with zero attached hydrogens (tertiary/aromatic N) is 4. The van der Waals surface area contributed by atoms with Crippen LogP contribution in [0.25, 0.3) is 0 Å². The normalized spacial score (nSPS) is 23.3. The number of hydrogen-bond donors (Lipinski definition) is 0. The molecular weight excluding hydrogens is 440 g/mol. The molecular formula is C25H33ClN4O3. The van der Waals surface area contributed by atoms with Crippen LogP contribution in [-0.2, 0) is 16.2 Å². The maximum absolute atomic E-state index is 12.2. The molecule has 1 fully saturated rings. The summed E-state index contributed by atoms with van der Waals surface area (Å²) in [5.74, 6) is 0.403. The van der Waals surface area contributed by atoms with Crippen LogP contribution in [0.2, 0.25) is 5.02 Å². The predicted molar refractivity (Wildman–Crippen MR) is 127 cm³/mol. The molecule has 0 radical (unpaired) electrons. The molecule has 1 aliphatic carbocycles. The molecule has 7 nitrogen and oxygen atoms in total. The molecule has 2 aromatic rings. The van der Waals surface area contributed by atoms with Gasteiger partial charge in [-0.3, -0.25) is 4.98 Å². The van der Waals surface area contributed by atoms with Gasteiger partial charge in [0.1, 0.15) is 12.2 Å². The molecule has 4 rings (SSSR count). The first-order chi connectivity index (χ1) is 15.6. The average molecular weight is 473 g/mol. The van der Waals surface area contributed by atoms with Crippen LogP contribution in [0.3, 0.4) is 0 Å². The van der Waals surface area contributed by atoms with Gasteiger partial charge >= 0.3 is 0 Å². The lowest BCUT2D eigenvalue weighted by Crippen LogP contribution is -2.42. The Hall–Kier alpha value is -2.38. The maximum Gasteiger partial charge on any atom is 0.233 e. The summed E-state index contributed by atoms with van der Waals surface area (Å²) in [7, 11) is 1.71. The van der Waals surface area contributed by atoms with Gasteiger partial charge in [0.25, 0.3) is 0 Å². The number of ether oxygens (including phenoxy) is 1. The number of benzene rings is 1. The molecule has 1 aromatic heterocycles. The molecule has 0 spiro atoms. The van der Waals surface area contributed by atoms with Crippen molar-refractivity contribution in [3.8, 4) is 0 Å². The second-order valence-corrected chi connectivity index (χ2v) is 10.5. The van der Waals surface area contributed by atoms with E-state index in [1.54, 1.807) is 7.05 Å². The van der Waals surface area contributed by atoms with Crippen LogP contribution in [0.1, 0.15) is 86.4 Å². The number of rotatable bonds is 5. The molecule has 0 bridgehead atoms. The van der Waals surface area contributed by atoms with Gasteiger partial charge in [-0.05, 0) is 88.1 Å². The van der Waals surface area contributed by atoms with Crippen LogP contribution >= 0.6 is 11.6 Å². The number of hydrogen-bond acceptors (Lipinski definition) is 5. The van der Waals surface area contributed by atoms with Gasteiger partial charge < -0.3 is 14.8 Å². The van der Waals surface area contributed by atoms with E-state index in [-0.39, 0.29) is 17.7 Å². The Kier molecular flexibility index (Phi) is 6.82. The van der Waals surface area contributed by atoms with E-state index in [1.807, 2.05) is 51.2 Å². The van der Waals surface area contributed by atoms with Crippen molar-refractivity contribution in [3.05, 3.63) is 68.6 Å². The van der Waals surface area contributed by atoms with E-state index in [9.17, 15) is 5.21 Å². The number of fused-ring (bicyclic) bond motifs is 1. The fraction of sp³-hybridized carbons (Fsp3) is 0.560. The number of halogens is 1. The molecule has 1 aromatic carbocycles. The summed E-state index contributed by atoms with van der Waals surface area (Å²) in [6.07, 6.45) is 5.46. The molecule has 2 heterocycles. The minimum absolute atomic E-state index is 0.0471. The fourth-order valence-corrected chi connectivity index (χ4v) is 4.79. The minimum atomic E-state index is -0.323. The van der Waals surface area contributed by atoms with Crippen molar-refractivity contribution in [1.29, 1.82) is 0 Å². The van der Waals surface area contributed by atoms with Crippen LogP contribution in [0.4, 0.5) is 0 Å². The topological polar surface area (TPSA) is 73.0 Å². The van der Waals surface area contributed by atoms with Gasteiger partial charge in [-0.25, -0.2) is 0 Å². The van der Waals surface area contributed by atoms with Gasteiger partial charge in [0.15, 0.2) is 0 Å². The summed E-state index contributed by atoms with van der Waals surface area (Å²) in [6, 6.07) is 7.83. The Balaban J connectivity index is 1.45. The summed E-state index contributed by atoms with van der Waals surface area (Å²) < 4.78 is 6.20. The van der Waals surface area contributed by atoms with Gasteiger partial charge in [0, 0.05) is 22.5 Å². The third-order valence-corrected chi connectivity index (χ3v) is 7.14. The molecule has 0 saturated heterocycles. The second kappa shape index (κ2) is 9.47. The average Bonchev–Trinajstić information content (AvgIpc) is 3.21. The molecule has 0 unspecified atom stereocenters. The first-order valence-corrected chi connectivity index (χ1v) is 12.0. The number of aromatic nitrogens is 1. The molecule has 178 valence electrons. The van der Waals surface area contributed by atoms with Crippen molar-refractivity contribution in [3.63, 3.8) is 0 Å². The molecule has 0 N–H and O–H groups in total. The van der Waals surface area contributed by atoms with Crippen LogP contribution in [0, 0.1) is 12.1 Å². The lowest BCUT2D eigenvalue weighted by atomic mass is 9.79. The highest BCUT2D eigenvalue weighted by Crippen LogP contribution is 2.43. The van der Waals surface area contributed by atoms with E-state index in [2.05, 4.69) is 12.2 Å². The highest BCUT2D eigenvalue weighted by molar-refractivity contribution is 6.30. The molecule has 2 aliphatic rings. The summed E-state index contributed by atoms with van der Waals surface area (Å²) in [4.78, 5) is 10.9. The SMILES string of the molecule is Cc1ncc2c(c1C1CCC(O/N=[N+](\[O-])N(C)C(C)(C)C)CC1)CO[C@H]2c1ccc(Cl)cc1. The largest absolute Gasteiger partial charge is 0.569 e. The lowest BCUT2D eigenvalue weighted by molar-refractivity contribution is -0.720. The van der Waals surface area contributed by atoms with Crippen LogP contribution in [0.5, 0.6) is 0 Å². The highest BCUT2D eigenvalue weighted by atomic mass is 35.5. The summed E-state index contributed by atoms with van der Waals surface area (Å²) in [5, 5.41) is 18.2. The Bertz CT molecular complexity index is 1010. The fourth-order valence-electron chi connectivity index (χ4n) is 4.66. The Morgan fingerprint density at radius 1 is 1.18 bits per heavy atom. The van der Waals surface area contributed by atoms with E-state index in [1.165, 1.54) is 16.1 Å². The van der Waals surface area contributed by atoms with Gasteiger partial charge in [-0.2, -0.15) is 0 Å². The third-order valence-electron chi connectivity index (χ3n) is 6.89. The number of aryl methyl sites for hydroxylation is 1. The summed E-state index contributed by atoms with van der Waals surface area (Å²) >= 11 is 6.06. The van der Waals surface area contributed by atoms with Crippen molar-refractivity contribution in [2.75, 3.05) is 7.05 Å². The zero-order valence-corrected chi connectivity index (χ0v) is 20.8. The van der Waals surface area contributed by atoms with Crippen molar-refractivity contribution in [2.45, 2.75) is 83.6 Å². The summed E-state index contributed by atoms with van der Waals surface area (Å²) in [6.45, 7) is 8.54. The van der Waals surface area contributed by atoms with Gasteiger partial charge in [-0.15, -0.1) is 5.01 Å². The molecule has 1 aliphatic heterocycles. The number of pyridine rings is 1. The van der Waals surface area contributed by atoms with E-state index in [4.69, 9.17) is 26.2 Å². The smallest absolute Gasteiger partial charge is 0.233 e. The molecule has 1 atom stereocenters. The van der Waals surface area contributed by atoms with E-state index in [0.717, 1.165) is 47.5 Å². The van der Waals surface area contributed by atoms with Gasteiger partial charge in [0.05, 0.1) is 24.2 Å². The standard InChI is InChI=1S/C25H33ClN4O3/c1-16-23(17-8-12-20(13-9-17)33-28-30(31)29(5)25(2,3)4)22-15-32-24(21(22)14-27-16)18-6-10-19(26)11-7-18/h6-7,10-11,14,17,20,24H,8-9,12-13,15H2,1-5H3/b30-28-/t17?,20?,24-/m0/s1. The maximum atomic E-state index is 12.2. The monoisotopic (exact) mass is 472 g/mol. The predicted octanol–water partition coefficient (Wildman–Crippen LogP) is 6.23. The lowest BCUT2D eigenvalue weighted by Gasteiger charge is -2.29. The van der Waals surface area contributed by atoms with Crippen molar-refractivity contribution >= 4 is 11.6 Å². The quantitative estimate of drug-likeness (QED) is 0.293. The third kappa shape index (κ3) is 5.09. The molecule has 1 saturated carbocycles. The first kappa shape index (κ1) is 23.8. The molecule has 8 heteroatoms. The van der Waals surface area contributed by atoms with Gasteiger partial charge in [-0.1, -0.05) is 23.7 Å². The van der Waals surface area contributed by atoms with Crippen LogP contribution < -0.4 is 0 Å². The molecule has 0 amide bonds. The van der Waals surface area contributed by atoms with Crippen molar-refractivity contribution < 1.29 is 14.5 Å². The Morgan fingerprint density at radius 3 is 2.48 bits per heavy atom. The zero-order valence-electron chi connectivity index (χ0n) is 20.0. The van der Waals surface area contributed by atoms with E-state index >= 15 is 0 Å². The van der Waals surface area contributed by atoms with E-state index in [0.29, 0.717) is 17.5 Å². The Labute approximate surface area is 200 Å². The molecule has 33 heavy (non-hydrogen) atoms. The first-order valence-electron chi connectivity index (χ1n) is 11.6. The van der Waals surface area contributed by atoms with Crippen LogP contribution in [-0.4, -0.2) is 33.7 Å². The second-order valence-electron chi connectivity index (χ2n) is 10.0. The number of hydrazine groups is 1. The van der Waals surface area contributed by atoms with E-state index < -0.39 is 0 Å². The minimum Gasteiger partial charge on any atom is -0.569 e. The van der Waals surface area contributed by atoms with Crippen molar-refractivity contribution in [2.24, 2.45) is 5.28 Å². The highest BCUT2D eigenvalue weighted by Gasteiger charge is 2.33. The summed E-state index contributed by atoms with van der Waals surface area (Å²) in [5.41, 5.74) is 5.58.